The number of nitrogens with one attached hydrogen (secondary N) is 1. The molecule has 0 aliphatic rings. The van der Waals surface area contributed by atoms with Crippen LogP contribution in [0.1, 0.15) is 24.2 Å². The number of halogens is 2. The first-order chi connectivity index (χ1) is 8.88. The maximum absolute atomic E-state index is 13.7. The SMILES string of the molecule is COC(=O)c1ccc(NCC(N)C(C)C)c(F)c1F. The lowest BCUT2D eigenvalue weighted by molar-refractivity contribution is 0.0594. The predicted octanol–water partition coefficient (Wildman–Crippen LogP) is 2.15. The highest BCUT2D eigenvalue weighted by molar-refractivity contribution is 5.90. The molecule has 3 N–H and O–H groups in total. The Labute approximate surface area is 110 Å². The van der Waals surface area contributed by atoms with Gasteiger partial charge in [-0.25, -0.2) is 13.6 Å². The van der Waals surface area contributed by atoms with Gasteiger partial charge in [0.05, 0.1) is 18.4 Å². The van der Waals surface area contributed by atoms with E-state index in [-0.39, 0.29) is 17.6 Å². The molecule has 0 spiro atoms. The van der Waals surface area contributed by atoms with Crippen molar-refractivity contribution < 1.29 is 18.3 Å². The zero-order valence-electron chi connectivity index (χ0n) is 11.2. The van der Waals surface area contributed by atoms with Crippen molar-refractivity contribution in [2.24, 2.45) is 11.7 Å². The van der Waals surface area contributed by atoms with E-state index in [4.69, 9.17) is 5.73 Å². The van der Waals surface area contributed by atoms with Crippen molar-refractivity contribution in [2.75, 3.05) is 19.0 Å². The van der Waals surface area contributed by atoms with E-state index in [0.717, 1.165) is 7.11 Å². The summed E-state index contributed by atoms with van der Waals surface area (Å²) in [5.41, 5.74) is 5.34. The molecule has 1 aromatic carbocycles. The number of carbonyl (C=O) groups is 1. The molecule has 19 heavy (non-hydrogen) atoms. The monoisotopic (exact) mass is 272 g/mol. The summed E-state index contributed by atoms with van der Waals surface area (Å²) in [6, 6.07) is 2.29. The van der Waals surface area contributed by atoms with Gasteiger partial charge in [-0.2, -0.15) is 0 Å². The molecule has 1 rings (SSSR count). The van der Waals surface area contributed by atoms with Crippen LogP contribution in [0.3, 0.4) is 0 Å². The fraction of sp³-hybridized carbons (Fsp3) is 0.462. The molecule has 6 heteroatoms. The lowest BCUT2D eigenvalue weighted by atomic mass is 10.1. The van der Waals surface area contributed by atoms with Crippen LogP contribution in [0.2, 0.25) is 0 Å². The Hall–Kier alpha value is -1.69. The van der Waals surface area contributed by atoms with Crippen LogP contribution in [-0.4, -0.2) is 25.7 Å². The summed E-state index contributed by atoms with van der Waals surface area (Å²) in [6.45, 7) is 4.18. The van der Waals surface area contributed by atoms with Gasteiger partial charge in [0.15, 0.2) is 11.6 Å². The van der Waals surface area contributed by atoms with Crippen LogP contribution in [0.4, 0.5) is 14.5 Å². The van der Waals surface area contributed by atoms with Gasteiger partial charge in [0.1, 0.15) is 0 Å². The van der Waals surface area contributed by atoms with Crippen molar-refractivity contribution >= 4 is 11.7 Å². The predicted molar refractivity (Wildman–Crippen MR) is 69.0 cm³/mol. The highest BCUT2D eigenvalue weighted by Crippen LogP contribution is 2.21. The van der Waals surface area contributed by atoms with Gasteiger partial charge in [-0.15, -0.1) is 0 Å². The van der Waals surface area contributed by atoms with E-state index in [1.807, 2.05) is 13.8 Å². The van der Waals surface area contributed by atoms with Gasteiger partial charge in [-0.3, -0.25) is 0 Å². The molecule has 1 atom stereocenters. The molecular formula is C13H18F2N2O2. The van der Waals surface area contributed by atoms with Crippen molar-refractivity contribution in [1.82, 2.24) is 0 Å². The topological polar surface area (TPSA) is 64.3 Å². The summed E-state index contributed by atoms with van der Waals surface area (Å²) in [5, 5.41) is 2.73. The maximum Gasteiger partial charge on any atom is 0.340 e. The zero-order valence-corrected chi connectivity index (χ0v) is 11.2. The van der Waals surface area contributed by atoms with Crippen LogP contribution >= 0.6 is 0 Å². The number of esters is 1. The Bertz CT molecular complexity index is 464. The second-order valence-electron chi connectivity index (χ2n) is 4.57. The summed E-state index contributed by atoms with van der Waals surface area (Å²) in [7, 11) is 1.10. The van der Waals surface area contributed by atoms with Crippen LogP contribution in [0, 0.1) is 17.6 Å². The minimum absolute atomic E-state index is 0.0266. The molecule has 1 aromatic rings. The fourth-order valence-corrected chi connectivity index (χ4v) is 1.42. The standard InChI is InChI=1S/C13H18F2N2O2/c1-7(2)9(16)6-17-10-5-4-8(13(18)19-3)11(14)12(10)15/h4-5,7,9,17H,6,16H2,1-3H3. The van der Waals surface area contributed by atoms with Crippen molar-refractivity contribution in [2.45, 2.75) is 19.9 Å². The first-order valence-electron chi connectivity index (χ1n) is 5.94. The van der Waals surface area contributed by atoms with Crippen molar-refractivity contribution in [3.63, 3.8) is 0 Å². The number of nitrogens with two attached hydrogens (primary N) is 1. The van der Waals surface area contributed by atoms with E-state index in [0.29, 0.717) is 6.54 Å². The first kappa shape index (κ1) is 15.4. The number of anilines is 1. The van der Waals surface area contributed by atoms with Gasteiger partial charge in [-0.05, 0) is 18.1 Å². The van der Waals surface area contributed by atoms with E-state index < -0.39 is 23.2 Å². The Morgan fingerprint density at radius 3 is 2.53 bits per heavy atom. The first-order valence-corrected chi connectivity index (χ1v) is 5.94. The van der Waals surface area contributed by atoms with Crippen LogP contribution in [0.25, 0.3) is 0 Å². The molecule has 0 radical (unpaired) electrons. The molecule has 0 aliphatic carbocycles. The van der Waals surface area contributed by atoms with Gasteiger partial charge in [0.25, 0.3) is 0 Å². The van der Waals surface area contributed by atoms with Crippen LogP contribution in [-0.2, 0) is 4.74 Å². The van der Waals surface area contributed by atoms with E-state index in [2.05, 4.69) is 10.1 Å². The normalized spacial score (nSPS) is 12.4. The fourth-order valence-electron chi connectivity index (χ4n) is 1.42. The quantitative estimate of drug-likeness (QED) is 0.806. The lowest BCUT2D eigenvalue weighted by Crippen LogP contribution is -2.34. The molecule has 0 amide bonds. The number of hydrogen-bond acceptors (Lipinski definition) is 4. The highest BCUT2D eigenvalue weighted by Gasteiger charge is 2.19. The third kappa shape index (κ3) is 3.64. The largest absolute Gasteiger partial charge is 0.465 e. The molecule has 1 unspecified atom stereocenters. The Morgan fingerprint density at radius 2 is 2.00 bits per heavy atom. The third-order valence-corrected chi connectivity index (χ3v) is 2.87. The van der Waals surface area contributed by atoms with Crippen molar-refractivity contribution in [3.8, 4) is 0 Å². The molecule has 0 heterocycles. The van der Waals surface area contributed by atoms with Gasteiger partial charge in [0, 0.05) is 12.6 Å². The lowest BCUT2D eigenvalue weighted by Gasteiger charge is -2.17. The van der Waals surface area contributed by atoms with Gasteiger partial charge in [0.2, 0.25) is 0 Å². The summed E-state index contributed by atoms with van der Waals surface area (Å²) in [5.74, 6) is -3.04. The van der Waals surface area contributed by atoms with E-state index >= 15 is 0 Å². The molecule has 0 saturated heterocycles. The highest BCUT2D eigenvalue weighted by atomic mass is 19.2. The van der Waals surface area contributed by atoms with Crippen molar-refractivity contribution in [3.05, 3.63) is 29.3 Å². The second-order valence-corrected chi connectivity index (χ2v) is 4.57. The summed E-state index contributed by atoms with van der Waals surface area (Å²) >= 11 is 0. The number of carbonyl (C=O) groups excluding carboxylic acids is 1. The van der Waals surface area contributed by atoms with Gasteiger partial charge < -0.3 is 15.8 Å². The molecular weight excluding hydrogens is 254 g/mol. The Balaban J connectivity index is 2.88. The third-order valence-electron chi connectivity index (χ3n) is 2.87. The summed E-state index contributed by atoms with van der Waals surface area (Å²) in [6.07, 6.45) is 0. The molecule has 4 nitrogen and oxygen atoms in total. The molecule has 0 aromatic heterocycles. The summed E-state index contributed by atoms with van der Waals surface area (Å²) < 4.78 is 31.7. The van der Waals surface area contributed by atoms with Gasteiger partial charge >= 0.3 is 5.97 Å². The van der Waals surface area contributed by atoms with Crippen LogP contribution < -0.4 is 11.1 Å². The Kier molecular flexibility index (Phi) is 5.23. The number of benzene rings is 1. The number of hydrogen-bond donors (Lipinski definition) is 2. The average molecular weight is 272 g/mol. The minimum atomic E-state index is -1.23. The van der Waals surface area contributed by atoms with E-state index in [9.17, 15) is 13.6 Å². The number of methoxy groups -OCH3 is 1. The van der Waals surface area contributed by atoms with E-state index in [1.54, 1.807) is 0 Å². The van der Waals surface area contributed by atoms with E-state index in [1.165, 1.54) is 12.1 Å². The molecule has 0 saturated carbocycles. The zero-order chi connectivity index (χ0) is 14.6. The smallest absolute Gasteiger partial charge is 0.340 e. The van der Waals surface area contributed by atoms with Crippen LogP contribution in [0.5, 0.6) is 0 Å². The summed E-state index contributed by atoms with van der Waals surface area (Å²) in [4.78, 5) is 11.2. The number of rotatable bonds is 5. The molecule has 0 fully saturated rings. The average Bonchev–Trinajstić information content (AvgIpc) is 2.39. The molecule has 0 bridgehead atoms. The molecule has 0 aliphatic heterocycles. The Morgan fingerprint density at radius 1 is 1.37 bits per heavy atom. The van der Waals surface area contributed by atoms with Crippen molar-refractivity contribution in [1.29, 1.82) is 0 Å². The number of ether oxygens (including phenoxy) is 1. The van der Waals surface area contributed by atoms with Gasteiger partial charge in [-0.1, -0.05) is 13.8 Å². The second kappa shape index (κ2) is 6.47. The minimum Gasteiger partial charge on any atom is -0.465 e. The van der Waals surface area contributed by atoms with Crippen LogP contribution in [0.15, 0.2) is 12.1 Å². The molecule has 106 valence electrons. The maximum atomic E-state index is 13.7.